The molecule has 0 spiro atoms. The van der Waals surface area contributed by atoms with Crippen LogP contribution in [0.3, 0.4) is 0 Å². The third kappa shape index (κ3) is 11.5. The number of unbranched alkanes of at least 4 members (excludes halogenated alkanes) is 3. The largest absolute Gasteiger partial charge is 0.460 e. The highest BCUT2D eigenvalue weighted by atomic mass is 127. The van der Waals surface area contributed by atoms with Crippen LogP contribution in [0.4, 0.5) is 0 Å². The number of hydrogen-bond donors (Lipinski definition) is 2. The van der Waals surface area contributed by atoms with Crippen LogP contribution >= 0.6 is 24.0 Å². The monoisotopic (exact) mass is 555 g/mol. The first-order valence-electron chi connectivity index (χ1n) is 11.1. The molecule has 7 nitrogen and oxygen atoms in total. The molecule has 0 aliphatic carbocycles. The summed E-state index contributed by atoms with van der Waals surface area (Å²) in [6.07, 6.45) is 8.25. The second-order valence-electron chi connectivity index (χ2n) is 8.58. The molecule has 2 N–H and O–H groups in total. The summed E-state index contributed by atoms with van der Waals surface area (Å²) >= 11 is 0. The number of esters is 1. The third-order valence-corrected chi connectivity index (χ3v) is 4.70. The number of carbonyl (C=O) groups is 1. The van der Waals surface area contributed by atoms with Crippen molar-refractivity contribution in [3.63, 3.8) is 0 Å². The summed E-state index contributed by atoms with van der Waals surface area (Å²) in [4.78, 5) is 16.0. The van der Waals surface area contributed by atoms with E-state index in [-0.39, 0.29) is 29.9 Å². The fraction of sp³-hybridized carbons (Fsp3) is 0.542. The van der Waals surface area contributed by atoms with Gasteiger partial charge in [-0.2, -0.15) is 5.10 Å². The lowest BCUT2D eigenvalue weighted by atomic mass is 10.1. The standard InChI is InChI=1S/C24H37N5O2.HI/c1-24(2,3)31-22(30)14-7-5-6-10-15-26-23(25-4)27-18-20-12-8-9-13-21(20)19-29-17-11-16-28-29;/h8-9,11-13,16-17H,5-7,10,14-15,18-19H2,1-4H3,(H2,25,26,27);1H. The maximum atomic E-state index is 11.7. The quantitative estimate of drug-likeness (QED) is 0.140. The molecule has 8 heteroatoms. The van der Waals surface area contributed by atoms with Crippen LogP contribution in [0.1, 0.15) is 64.0 Å². The van der Waals surface area contributed by atoms with Gasteiger partial charge < -0.3 is 15.4 Å². The number of nitrogens with zero attached hydrogens (tertiary/aromatic N) is 3. The van der Waals surface area contributed by atoms with Crippen molar-refractivity contribution in [1.29, 1.82) is 0 Å². The minimum atomic E-state index is -0.399. The second-order valence-corrected chi connectivity index (χ2v) is 8.58. The molecular formula is C24H38IN5O2. The molecule has 0 saturated heterocycles. The van der Waals surface area contributed by atoms with Crippen molar-refractivity contribution < 1.29 is 9.53 Å². The number of rotatable bonds is 11. The summed E-state index contributed by atoms with van der Waals surface area (Å²) in [5.41, 5.74) is 2.06. The molecule has 1 aromatic heterocycles. The molecule has 0 bridgehead atoms. The van der Waals surface area contributed by atoms with E-state index in [1.807, 2.05) is 37.7 Å². The Morgan fingerprint density at radius 2 is 1.78 bits per heavy atom. The van der Waals surface area contributed by atoms with Gasteiger partial charge in [-0.15, -0.1) is 24.0 Å². The Morgan fingerprint density at radius 1 is 1.06 bits per heavy atom. The lowest BCUT2D eigenvalue weighted by molar-refractivity contribution is -0.154. The molecule has 0 unspecified atom stereocenters. The molecule has 2 aromatic rings. The van der Waals surface area contributed by atoms with Crippen LogP contribution in [0.25, 0.3) is 0 Å². The molecule has 1 heterocycles. The van der Waals surface area contributed by atoms with Crippen LogP contribution in [-0.4, -0.2) is 40.9 Å². The van der Waals surface area contributed by atoms with E-state index < -0.39 is 5.60 Å². The van der Waals surface area contributed by atoms with Gasteiger partial charge in [-0.25, -0.2) is 0 Å². The predicted octanol–water partition coefficient (Wildman–Crippen LogP) is 4.51. The summed E-state index contributed by atoms with van der Waals surface area (Å²) in [5.74, 6) is 0.686. The lowest BCUT2D eigenvalue weighted by Gasteiger charge is -2.19. The highest BCUT2D eigenvalue weighted by Gasteiger charge is 2.15. The topological polar surface area (TPSA) is 80.5 Å². The van der Waals surface area contributed by atoms with Crippen molar-refractivity contribution >= 4 is 35.9 Å². The van der Waals surface area contributed by atoms with Gasteiger partial charge in [-0.1, -0.05) is 37.1 Å². The van der Waals surface area contributed by atoms with Gasteiger partial charge in [0.15, 0.2) is 5.96 Å². The van der Waals surface area contributed by atoms with Crippen molar-refractivity contribution in [2.24, 2.45) is 4.99 Å². The van der Waals surface area contributed by atoms with Crippen molar-refractivity contribution in [2.45, 2.75) is 71.6 Å². The van der Waals surface area contributed by atoms with Gasteiger partial charge in [0.2, 0.25) is 0 Å². The Kier molecular flexibility index (Phi) is 13.0. The number of ether oxygens (including phenoxy) is 1. The zero-order chi connectivity index (χ0) is 22.5. The maximum absolute atomic E-state index is 11.7. The van der Waals surface area contributed by atoms with Crippen LogP contribution in [0.15, 0.2) is 47.7 Å². The first-order valence-corrected chi connectivity index (χ1v) is 11.1. The van der Waals surface area contributed by atoms with Gasteiger partial charge in [0, 0.05) is 39.0 Å². The molecule has 178 valence electrons. The maximum Gasteiger partial charge on any atom is 0.306 e. The molecule has 0 aliphatic rings. The normalized spacial score (nSPS) is 11.6. The van der Waals surface area contributed by atoms with Crippen molar-refractivity contribution in [3.05, 3.63) is 53.9 Å². The Balaban J connectivity index is 0.00000512. The van der Waals surface area contributed by atoms with Gasteiger partial charge in [0.1, 0.15) is 5.60 Å². The number of halogens is 1. The number of nitrogens with one attached hydrogen (secondary N) is 2. The van der Waals surface area contributed by atoms with Gasteiger partial charge in [0.05, 0.1) is 6.54 Å². The number of aliphatic imine (C=N–C) groups is 1. The fourth-order valence-electron chi connectivity index (χ4n) is 3.20. The Labute approximate surface area is 209 Å². The summed E-state index contributed by atoms with van der Waals surface area (Å²) in [7, 11) is 1.78. The van der Waals surface area contributed by atoms with Crippen LogP contribution in [-0.2, 0) is 22.6 Å². The Bertz CT molecular complexity index is 816. The van der Waals surface area contributed by atoms with E-state index in [4.69, 9.17) is 4.74 Å². The average molecular weight is 556 g/mol. The zero-order valence-corrected chi connectivity index (χ0v) is 22.1. The number of aromatic nitrogens is 2. The molecule has 0 atom stereocenters. The molecular weight excluding hydrogens is 517 g/mol. The van der Waals surface area contributed by atoms with Gasteiger partial charge in [0.25, 0.3) is 0 Å². The minimum absolute atomic E-state index is 0. The number of hydrogen-bond acceptors (Lipinski definition) is 4. The van der Waals surface area contributed by atoms with Gasteiger partial charge >= 0.3 is 5.97 Å². The van der Waals surface area contributed by atoms with Crippen molar-refractivity contribution in [2.75, 3.05) is 13.6 Å². The molecule has 0 radical (unpaired) electrons. The first kappa shape index (κ1) is 27.9. The van der Waals surface area contributed by atoms with Crippen molar-refractivity contribution in [1.82, 2.24) is 20.4 Å². The first-order chi connectivity index (χ1) is 14.9. The zero-order valence-electron chi connectivity index (χ0n) is 19.8. The van der Waals surface area contributed by atoms with Crippen LogP contribution in [0.5, 0.6) is 0 Å². The van der Waals surface area contributed by atoms with E-state index in [2.05, 4.69) is 45.0 Å². The van der Waals surface area contributed by atoms with E-state index in [9.17, 15) is 4.79 Å². The molecule has 0 fully saturated rings. The van der Waals surface area contributed by atoms with Crippen LogP contribution < -0.4 is 10.6 Å². The summed E-state index contributed by atoms with van der Waals surface area (Å²) in [5, 5.41) is 11.1. The summed E-state index contributed by atoms with van der Waals surface area (Å²) < 4.78 is 7.26. The van der Waals surface area contributed by atoms with Crippen LogP contribution in [0, 0.1) is 0 Å². The highest BCUT2D eigenvalue weighted by molar-refractivity contribution is 14.0. The van der Waals surface area contributed by atoms with Gasteiger partial charge in [-0.3, -0.25) is 14.5 Å². The second kappa shape index (κ2) is 14.9. The predicted molar refractivity (Wildman–Crippen MR) is 140 cm³/mol. The van der Waals surface area contributed by atoms with E-state index in [0.29, 0.717) is 13.0 Å². The lowest BCUT2D eigenvalue weighted by Crippen LogP contribution is -2.37. The average Bonchev–Trinajstić information content (AvgIpc) is 3.22. The number of benzene rings is 1. The Morgan fingerprint density at radius 3 is 2.44 bits per heavy atom. The fourth-order valence-corrected chi connectivity index (χ4v) is 3.20. The van der Waals surface area contributed by atoms with E-state index in [1.54, 1.807) is 13.2 Å². The number of carbonyl (C=O) groups excluding carboxylic acids is 1. The van der Waals surface area contributed by atoms with Crippen LogP contribution in [0.2, 0.25) is 0 Å². The highest BCUT2D eigenvalue weighted by Crippen LogP contribution is 2.11. The molecule has 0 saturated carbocycles. The number of guanidine groups is 1. The SMILES string of the molecule is CN=C(NCCCCCCC(=O)OC(C)(C)C)NCc1ccccc1Cn1cccn1.I. The molecule has 0 aliphatic heterocycles. The molecule has 1 aromatic carbocycles. The summed E-state index contributed by atoms with van der Waals surface area (Å²) in [6, 6.07) is 10.3. The molecule has 0 amide bonds. The third-order valence-electron chi connectivity index (χ3n) is 4.70. The summed E-state index contributed by atoms with van der Waals surface area (Å²) in [6.45, 7) is 7.99. The smallest absolute Gasteiger partial charge is 0.306 e. The Hall–Kier alpha value is -2.10. The van der Waals surface area contributed by atoms with E-state index in [1.165, 1.54) is 11.1 Å². The minimum Gasteiger partial charge on any atom is -0.460 e. The van der Waals surface area contributed by atoms with E-state index >= 15 is 0 Å². The van der Waals surface area contributed by atoms with Gasteiger partial charge in [-0.05, 0) is 50.8 Å². The molecule has 32 heavy (non-hydrogen) atoms. The van der Waals surface area contributed by atoms with Crippen molar-refractivity contribution in [3.8, 4) is 0 Å². The van der Waals surface area contributed by atoms with E-state index in [0.717, 1.165) is 44.7 Å². The molecule has 2 rings (SSSR count).